The normalized spacial score (nSPS) is 14.8. The topological polar surface area (TPSA) is 66.0 Å². The Morgan fingerprint density at radius 3 is 2.59 bits per heavy atom. The fourth-order valence-corrected chi connectivity index (χ4v) is 2.88. The maximum Gasteiger partial charge on any atom is 0.261 e. The summed E-state index contributed by atoms with van der Waals surface area (Å²) in [6, 6.07) is 12.8. The lowest BCUT2D eigenvalue weighted by Gasteiger charge is -2.23. The van der Waals surface area contributed by atoms with Gasteiger partial charge in [0.1, 0.15) is 24.7 Å². The van der Waals surface area contributed by atoms with E-state index in [1.165, 1.54) is 0 Å². The molecule has 144 valence electrons. The predicted octanol–water partition coefficient (Wildman–Crippen LogP) is 3.50. The molecule has 3 rings (SSSR count). The molecule has 0 unspecified atom stereocenters. The first-order chi connectivity index (χ1) is 13.1. The van der Waals surface area contributed by atoms with Crippen LogP contribution in [0.4, 0.5) is 0 Å². The highest BCUT2D eigenvalue weighted by Gasteiger charge is 2.22. The molecule has 0 fully saturated rings. The molecule has 0 saturated carbocycles. The van der Waals surface area contributed by atoms with Crippen molar-refractivity contribution in [2.45, 2.75) is 32.4 Å². The van der Waals surface area contributed by atoms with Gasteiger partial charge in [-0.1, -0.05) is 19.1 Å². The minimum absolute atomic E-state index is 0.164. The highest BCUT2D eigenvalue weighted by molar-refractivity contribution is 5.81. The lowest BCUT2D eigenvalue weighted by atomic mass is 10.1. The number of carbonyl (C=O) groups is 1. The molecular formula is C21H25NO5. The van der Waals surface area contributed by atoms with E-state index in [2.05, 4.69) is 5.32 Å². The summed E-state index contributed by atoms with van der Waals surface area (Å²) in [4.78, 5) is 12.7. The molecule has 0 spiro atoms. The SMILES string of the molecule is CC[C@@H](Oc1cccc(OC)c1)C(=O)N[C@@H](C)c1ccc2c(c1)OCCO2. The first-order valence-electron chi connectivity index (χ1n) is 9.11. The van der Waals surface area contributed by atoms with Crippen LogP contribution in [-0.4, -0.2) is 32.3 Å². The third-order valence-electron chi connectivity index (χ3n) is 4.41. The Kier molecular flexibility index (Phi) is 6.06. The second-order valence-corrected chi connectivity index (χ2v) is 6.33. The van der Waals surface area contributed by atoms with Crippen LogP contribution in [0.1, 0.15) is 31.9 Å². The second-order valence-electron chi connectivity index (χ2n) is 6.33. The second kappa shape index (κ2) is 8.66. The van der Waals surface area contributed by atoms with Crippen LogP contribution in [0.15, 0.2) is 42.5 Å². The Bertz CT molecular complexity index is 792. The van der Waals surface area contributed by atoms with Gasteiger partial charge in [0.2, 0.25) is 0 Å². The van der Waals surface area contributed by atoms with Gasteiger partial charge in [0.15, 0.2) is 17.6 Å². The number of hydrogen-bond donors (Lipinski definition) is 1. The maximum atomic E-state index is 12.7. The number of nitrogens with one attached hydrogen (secondary N) is 1. The minimum atomic E-state index is -0.586. The molecule has 0 aromatic heterocycles. The van der Waals surface area contributed by atoms with Crippen LogP contribution in [-0.2, 0) is 4.79 Å². The lowest BCUT2D eigenvalue weighted by molar-refractivity contribution is -0.128. The number of carbonyl (C=O) groups excluding carboxylic acids is 1. The maximum absolute atomic E-state index is 12.7. The molecule has 1 aliphatic heterocycles. The average Bonchev–Trinajstić information content (AvgIpc) is 2.71. The zero-order valence-electron chi connectivity index (χ0n) is 15.9. The molecule has 6 heteroatoms. The van der Waals surface area contributed by atoms with Crippen LogP contribution >= 0.6 is 0 Å². The van der Waals surface area contributed by atoms with Gasteiger partial charge in [-0.25, -0.2) is 0 Å². The molecule has 1 N–H and O–H groups in total. The Morgan fingerprint density at radius 1 is 1.11 bits per heavy atom. The van der Waals surface area contributed by atoms with Gasteiger partial charge < -0.3 is 24.3 Å². The molecule has 1 aliphatic rings. The third kappa shape index (κ3) is 4.64. The summed E-state index contributed by atoms with van der Waals surface area (Å²) in [6.07, 6.45) is -0.0338. The molecule has 1 heterocycles. The molecule has 0 aliphatic carbocycles. The van der Waals surface area contributed by atoms with E-state index in [4.69, 9.17) is 18.9 Å². The van der Waals surface area contributed by atoms with Gasteiger partial charge in [0, 0.05) is 6.07 Å². The van der Waals surface area contributed by atoms with Crippen LogP contribution in [0.5, 0.6) is 23.0 Å². The van der Waals surface area contributed by atoms with Gasteiger partial charge in [0.25, 0.3) is 5.91 Å². The van der Waals surface area contributed by atoms with Crippen molar-refractivity contribution < 1.29 is 23.7 Å². The van der Waals surface area contributed by atoms with E-state index in [0.29, 0.717) is 36.9 Å². The van der Waals surface area contributed by atoms with E-state index in [1.54, 1.807) is 13.2 Å². The highest BCUT2D eigenvalue weighted by atomic mass is 16.6. The van der Waals surface area contributed by atoms with E-state index < -0.39 is 6.10 Å². The molecule has 2 aromatic carbocycles. The fraction of sp³-hybridized carbons (Fsp3) is 0.381. The summed E-state index contributed by atoms with van der Waals surface area (Å²) in [7, 11) is 1.60. The molecule has 0 bridgehead atoms. The van der Waals surface area contributed by atoms with Crippen molar-refractivity contribution in [3.05, 3.63) is 48.0 Å². The first kappa shape index (κ1) is 18.9. The summed E-state index contributed by atoms with van der Waals surface area (Å²) in [5.74, 6) is 2.56. The van der Waals surface area contributed by atoms with Gasteiger partial charge >= 0.3 is 0 Å². The standard InChI is InChI=1S/C21H25NO5/c1-4-18(27-17-7-5-6-16(13-17)24-3)21(23)22-14(2)15-8-9-19-20(12-15)26-11-10-25-19/h5-9,12-14,18H,4,10-11H2,1-3H3,(H,22,23)/t14-,18+/m0/s1. The van der Waals surface area contributed by atoms with Crippen molar-refractivity contribution >= 4 is 5.91 Å². The van der Waals surface area contributed by atoms with Crippen molar-refractivity contribution in [1.29, 1.82) is 0 Å². The molecule has 0 radical (unpaired) electrons. The summed E-state index contributed by atoms with van der Waals surface area (Å²) in [6.45, 7) is 4.93. The van der Waals surface area contributed by atoms with Gasteiger partial charge in [-0.2, -0.15) is 0 Å². The van der Waals surface area contributed by atoms with Crippen LogP contribution in [0.3, 0.4) is 0 Å². The third-order valence-corrected chi connectivity index (χ3v) is 4.41. The van der Waals surface area contributed by atoms with Crippen molar-refractivity contribution in [3.63, 3.8) is 0 Å². The van der Waals surface area contributed by atoms with Crippen molar-refractivity contribution in [2.75, 3.05) is 20.3 Å². The number of rotatable bonds is 7. The molecule has 2 atom stereocenters. The first-order valence-corrected chi connectivity index (χ1v) is 9.11. The minimum Gasteiger partial charge on any atom is -0.497 e. The largest absolute Gasteiger partial charge is 0.497 e. The zero-order chi connectivity index (χ0) is 19.2. The molecular weight excluding hydrogens is 346 g/mol. The molecule has 2 aromatic rings. The predicted molar refractivity (Wildman–Crippen MR) is 102 cm³/mol. The summed E-state index contributed by atoms with van der Waals surface area (Å²) in [5.41, 5.74) is 0.948. The van der Waals surface area contributed by atoms with Crippen molar-refractivity contribution in [1.82, 2.24) is 5.32 Å². The van der Waals surface area contributed by atoms with Crippen LogP contribution in [0, 0.1) is 0 Å². The number of benzene rings is 2. The molecule has 27 heavy (non-hydrogen) atoms. The van der Waals surface area contributed by atoms with E-state index in [-0.39, 0.29) is 11.9 Å². The number of fused-ring (bicyclic) bond motifs is 1. The number of methoxy groups -OCH3 is 1. The Morgan fingerprint density at radius 2 is 1.85 bits per heavy atom. The van der Waals surface area contributed by atoms with Gasteiger partial charge in [-0.05, 0) is 43.2 Å². The zero-order valence-corrected chi connectivity index (χ0v) is 15.9. The Balaban J connectivity index is 1.65. The quantitative estimate of drug-likeness (QED) is 0.807. The van der Waals surface area contributed by atoms with Crippen LogP contribution in [0.2, 0.25) is 0 Å². The van der Waals surface area contributed by atoms with E-state index in [9.17, 15) is 4.79 Å². The number of ether oxygens (including phenoxy) is 4. The molecule has 6 nitrogen and oxygen atoms in total. The Hall–Kier alpha value is -2.89. The highest BCUT2D eigenvalue weighted by Crippen LogP contribution is 2.32. The monoisotopic (exact) mass is 371 g/mol. The van der Waals surface area contributed by atoms with E-state index in [1.807, 2.05) is 50.2 Å². The smallest absolute Gasteiger partial charge is 0.261 e. The summed E-state index contributed by atoms with van der Waals surface area (Å²) >= 11 is 0. The van der Waals surface area contributed by atoms with Crippen LogP contribution < -0.4 is 24.3 Å². The summed E-state index contributed by atoms with van der Waals surface area (Å²) < 4.78 is 22.2. The molecule has 0 saturated heterocycles. The van der Waals surface area contributed by atoms with Gasteiger partial charge in [-0.15, -0.1) is 0 Å². The van der Waals surface area contributed by atoms with Crippen molar-refractivity contribution in [2.24, 2.45) is 0 Å². The number of amides is 1. The van der Waals surface area contributed by atoms with Crippen LogP contribution in [0.25, 0.3) is 0 Å². The number of hydrogen-bond acceptors (Lipinski definition) is 5. The fourth-order valence-electron chi connectivity index (χ4n) is 2.88. The van der Waals surface area contributed by atoms with E-state index in [0.717, 1.165) is 11.3 Å². The molecule has 1 amide bonds. The van der Waals surface area contributed by atoms with Gasteiger partial charge in [0.05, 0.1) is 13.2 Å². The van der Waals surface area contributed by atoms with Crippen molar-refractivity contribution in [3.8, 4) is 23.0 Å². The average molecular weight is 371 g/mol. The lowest BCUT2D eigenvalue weighted by Crippen LogP contribution is -2.39. The summed E-state index contributed by atoms with van der Waals surface area (Å²) in [5, 5.41) is 3.01. The van der Waals surface area contributed by atoms with Gasteiger partial charge in [-0.3, -0.25) is 4.79 Å². The Labute approximate surface area is 159 Å². The van der Waals surface area contributed by atoms with E-state index >= 15 is 0 Å².